The number of nitrogens with one attached hydrogen (secondary N) is 1. The average Bonchev–Trinajstić information content (AvgIpc) is 3.06. The van der Waals surface area contributed by atoms with E-state index in [2.05, 4.69) is 25.7 Å². The number of rotatable bonds is 4. The number of aromatic amines is 1. The Morgan fingerprint density at radius 2 is 1.62 bits per heavy atom. The maximum atomic E-state index is 12.6. The predicted molar refractivity (Wildman–Crippen MR) is 95.7 cm³/mol. The largest absolute Gasteiger partial charge is 0.463 e. The minimum atomic E-state index is -0.884. The first-order valence-electron chi connectivity index (χ1n) is 7.27. The topological polar surface area (TPSA) is 59.2 Å². The third-order valence-corrected chi connectivity index (χ3v) is 4.22. The van der Waals surface area contributed by atoms with Crippen LogP contribution in [0.1, 0.15) is 10.4 Å². The molecule has 1 N–H and O–H groups in total. The molecule has 3 aromatic rings. The third-order valence-electron chi connectivity index (χ3n) is 3.70. The van der Waals surface area contributed by atoms with Crippen molar-refractivity contribution in [3.63, 3.8) is 0 Å². The number of carbonyl (C=O) groups excluding carboxylic acids is 2. The highest BCUT2D eigenvalue weighted by molar-refractivity contribution is 9.10. The number of Topliss-reactive ketones (excluding diaryl/α,β-unsaturated/α-hetero) is 1. The number of hydrogen-bond acceptors (Lipinski definition) is 3. The maximum absolute atomic E-state index is 12.6. The fraction of sp³-hybridized carbons (Fsp3) is 0.0526. The van der Waals surface area contributed by atoms with Crippen LogP contribution >= 0.6 is 15.9 Å². The van der Waals surface area contributed by atoms with E-state index in [9.17, 15) is 9.59 Å². The SMILES string of the molecule is COC(=O)C(=O)c1c(-c2ccccc2)c[nH]c1-c1ccc(Br)cc1. The molecule has 5 heteroatoms. The molecule has 0 saturated heterocycles. The second kappa shape index (κ2) is 6.84. The van der Waals surface area contributed by atoms with E-state index in [1.165, 1.54) is 7.11 Å². The van der Waals surface area contributed by atoms with Crippen molar-refractivity contribution in [2.75, 3.05) is 7.11 Å². The van der Waals surface area contributed by atoms with Crippen molar-refractivity contribution in [1.29, 1.82) is 0 Å². The van der Waals surface area contributed by atoms with Gasteiger partial charge in [0.1, 0.15) is 0 Å². The van der Waals surface area contributed by atoms with Crippen LogP contribution in [0.3, 0.4) is 0 Å². The molecule has 120 valence electrons. The van der Waals surface area contributed by atoms with Crippen molar-refractivity contribution in [3.05, 3.63) is 70.8 Å². The minimum Gasteiger partial charge on any atom is -0.463 e. The molecule has 0 aliphatic carbocycles. The zero-order valence-electron chi connectivity index (χ0n) is 12.9. The smallest absolute Gasteiger partial charge is 0.379 e. The van der Waals surface area contributed by atoms with E-state index in [-0.39, 0.29) is 0 Å². The molecule has 0 saturated carbocycles. The number of methoxy groups -OCH3 is 1. The number of ketones is 1. The molecule has 1 aromatic heterocycles. The molecule has 0 radical (unpaired) electrons. The molecule has 0 aliphatic heterocycles. The third kappa shape index (κ3) is 3.03. The molecule has 0 fully saturated rings. The van der Waals surface area contributed by atoms with E-state index in [0.29, 0.717) is 16.8 Å². The first kappa shape index (κ1) is 16.2. The molecule has 24 heavy (non-hydrogen) atoms. The normalized spacial score (nSPS) is 10.4. The lowest BCUT2D eigenvalue weighted by Gasteiger charge is -2.07. The van der Waals surface area contributed by atoms with E-state index in [4.69, 9.17) is 0 Å². The zero-order valence-corrected chi connectivity index (χ0v) is 14.5. The van der Waals surface area contributed by atoms with Crippen LogP contribution < -0.4 is 0 Å². The first-order chi connectivity index (χ1) is 11.6. The second-order valence-electron chi connectivity index (χ2n) is 5.15. The summed E-state index contributed by atoms with van der Waals surface area (Å²) in [5.41, 5.74) is 3.24. The summed E-state index contributed by atoms with van der Waals surface area (Å²) in [5.74, 6) is -1.55. The summed E-state index contributed by atoms with van der Waals surface area (Å²) in [4.78, 5) is 27.6. The molecule has 0 bridgehead atoms. The highest BCUT2D eigenvalue weighted by Crippen LogP contribution is 2.33. The molecule has 3 rings (SSSR count). The van der Waals surface area contributed by atoms with Gasteiger partial charge in [0.2, 0.25) is 0 Å². The van der Waals surface area contributed by atoms with Crippen LogP contribution in [0.2, 0.25) is 0 Å². The van der Waals surface area contributed by atoms with Crippen molar-refractivity contribution in [2.45, 2.75) is 0 Å². The summed E-state index contributed by atoms with van der Waals surface area (Å²) in [6, 6.07) is 17.0. The number of benzene rings is 2. The predicted octanol–water partition coefficient (Wildman–Crippen LogP) is 4.47. The van der Waals surface area contributed by atoms with Gasteiger partial charge in [0, 0.05) is 16.2 Å². The molecule has 1 heterocycles. The fourth-order valence-corrected chi connectivity index (χ4v) is 2.81. The van der Waals surface area contributed by atoms with E-state index in [0.717, 1.165) is 15.6 Å². The van der Waals surface area contributed by atoms with Crippen LogP contribution in [0.15, 0.2) is 65.3 Å². The second-order valence-corrected chi connectivity index (χ2v) is 6.06. The number of esters is 1. The Balaban J connectivity index is 2.20. The van der Waals surface area contributed by atoms with Gasteiger partial charge in [0.25, 0.3) is 5.78 Å². The van der Waals surface area contributed by atoms with Gasteiger partial charge in [-0.1, -0.05) is 58.4 Å². The van der Waals surface area contributed by atoms with E-state index in [1.807, 2.05) is 54.6 Å². The summed E-state index contributed by atoms with van der Waals surface area (Å²) < 4.78 is 5.56. The Hall–Kier alpha value is -2.66. The lowest BCUT2D eigenvalue weighted by molar-refractivity contribution is -0.135. The maximum Gasteiger partial charge on any atom is 0.379 e. The lowest BCUT2D eigenvalue weighted by Crippen LogP contribution is -2.16. The summed E-state index contributed by atoms with van der Waals surface area (Å²) >= 11 is 3.39. The summed E-state index contributed by atoms with van der Waals surface area (Å²) in [5, 5.41) is 0. The molecular weight excluding hydrogens is 370 g/mol. The molecule has 0 spiro atoms. The Morgan fingerprint density at radius 1 is 0.958 bits per heavy atom. The van der Waals surface area contributed by atoms with Crippen molar-refractivity contribution in [3.8, 4) is 22.4 Å². The van der Waals surface area contributed by atoms with Gasteiger partial charge >= 0.3 is 5.97 Å². The van der Waals surface area contributed by atoms with E-state index in [1.54, 1.807) is 6.20 Å². The van der Waals surface area contributed by atoms with Crippen LogP contribution in [0, 0.1) is 0 Å². The number of H-pyrrole nitrogens is 1. The summed E-state index contributed by atoms with van der Waals surface area (Å²) in [6.07, 6.45) is 1.74. The van der Waals surface area contributed by atoms with Gasteiger partial charge in [0.15, 0.2) is 0 Å². The van der Waals surface area contributed by atoms with Crippen LogP contribution in [-0.4, -0.2) is 23.8 Å². The van der Waals surface area contributed by atoms with Gasteiger partial charge in [-0.15, -0.1) is 0 Å². The van der Waals surface area contributed by atoms with Gasteiger partial charge in [-0.25, -0.2) is 4.79 Å². The van der Waals surface area contributed by atoms with Gasteiger partial charge < -0.3 is 9.72 Å². The van der Waals surface area contributed by atoms with Crippen molar-refractivity contribution in [1.82, 2.24) is 4.98 Å². The first-order valence-corrected chi connectivity index (χ1v) is 8.06. The van der Waals surface area contributed by atoms with Crippen LogP contribution in [0.4, 0.5) is 0 Å². The number of carbonyl (C=O) groups is 2. The van der Waals surface area contributed by atoms with Crippen molar-refractivity contribution in [2.24, 2.45) is 0 Å². The minimum absolute atomic E-state index is 0.315. The Labute approximate surface area is 147 Å². The molecule has 2 aromatic carbocycles. The number of aromatic nitrogens is 1. The van der Waals surface area contributed by atoms with Crippen LogP contribution in [0.5, 0.6) is 0 Å². The fourth-order valence-electron chi connectivity index (χ4n) is 2.54. The standard InChI is InChI=1S/C19H14BrNO3/c1-24-19(23)18(22)16-15(12-5-3-2-4-6-12)11-21-17(16)13-7-9-14(20)10-8-13/h2-11,21H,1H3. The Bertz CT molecular complexity index is 883. The van der Waals surface area contributed by atoms with E-state index < -0.39 is 11.8 Å². The molecule has 0 amide bonds. The quantitative estimate of drug-likeness (QED) is 0.410. The molecule has 0 unspecified atom stereocenters. The Morgan fingerprint density at radius 3 is 2.25 bits per heavy atom. The molecular formula is C19H14BrNO3. The van der Waals surface area contributed by atoms with Gasteiger partial charge in [-0.3, -0.25) is 4.79 Å². The lowest BCUT2D eigenvalue weighted by atomic mass is 9.97. The number of hydrogen-bond donors (Lipinski definition) is 1. The van der Waals surface area contributed by atoms with Gasteiger partial charge in [0.05, 0.1) is 18.4 Å². The average molecular weight is 384 g/mol. The van der Waals surface area contributed by atoms with Gasteiger partial charge in [-0.05, 0) is 23.3 Å². The summed E-state index contributed by atoms with van der Waals surface area (Å²) in [6.45, 7) is 0. The highest BCUT2D eigenvalue weighted by atomic mass is 79.9. The van der Waals surface area contributed by atoms with Crippen LogP contribution in [-0.2, 0) is 9.53 Å². The van der Waals surface area contributed by atoms with Crippen molar-refractivity contribution < 1.29 is 14.3 Å². The monoisotopic (exact) mass is 383 g/mol. The molecule has 0 atom stereocenters. The van der Waals surface area contributed by atoms with Crippen LogP contribution in [0.25, 0.3) is 22.4 Å². The summed E-state index contributed by atoms with van der Waals surface area (Å²) in [7, 11) is 1.20. The van der Waals surface area contributed by atoms with Crippen molar-refractivity contribution >= 4 is 27.7 Å². The zero-order chi connectivity index (χ0) is 17.1. The van der Waals surface area contributed by atoms with Gasteiger partial charge in [-0.2, -0.15) is 0 Å². The molecule has 0 aliphatic rings. The number of halogens is 1. The molecule has 4 nitrogen and oxygen atoms in total. The number of ether oxygens (including phenoxy) is 1. The Kier molecular flexibility index (Phi) is 4.62. The van der Waals surface area contributed by atoms with E-state index >= 15 is 0 Å². The highest BCUT2D eigenvalue weighted by Gasteiger charge is 2.26.